The molecule has 1 aliphatic rings. The zero-order valence-electron chi connectivity index (χ0n) is 17.4. The van der Waals surface area contributed by atoms with E-state index in [1.54, 1.807) is 58.2 Å². The molecule has 0 amide bonds. The summed E-state index contributed by atoms with van der Waals surface area (Å²) in [4.78, 5) is 8.65. The molecule has 6 nitrogen and oxygen atoms in total. The fraction of sp³-hybridized carbons (Fsp3) is 0.208. The summed E-state index contributed by atoms with van der Waals surface area (Å²) in [6.45, 7) is 2.48. The topological polar surface area (TPSA) is 68.8 Å². The summed E-state index contributed by atoms with van der Waals surface area (Å²) in [6, 6.07) is 10.7. The summed E-state index contributed by atoms with van der Waals surface area (Å²) in [7, 11) is 0. The highest BCUT2D eigenvalue weighted by Gasteiger charge is 2.39. The Bertz CT molecular complexity index is 1310. The van der Waals surface area contributed by atoms with E-state index in [1.165, 1.54) is 18.2 Å². The van der Waals surface area contributed by atoms with E-state index in [-0.39, 0.29) is 11.6 Å². The Hall–Kier alpha value is -3.65. The van der Waals surface area contributed by atoms with Crippen LogP contribution in [0.5, 0.6) is 0 Å². The number of hydrogen-bond acceptors (Lipinski definition) is 4. The van der Waals surface area contributed by atoms with Crippen LogP contribution in [0.1, 0.15) is 41.3 Å². The Labute approximate surface area is 183 Å². The number of aryl methyl sites for hydroxylation is 2. The molecule has 0 unspecified atom stereocenters. The van der Waals surface area contributed by atoms with Crippen LogP contribution in [-0.4, -0.2) is 29.4 Å². The van der Waals surface area contributed by atoms with Gasteiger partial charge in [-0.3, -0.25) is 0 Å². The number of aliphatic hydroxyl groups is 1. The lowest BCUT2D eigenvalue weighted by atomic mass is 9.86. The van der Waals surface area contributed by atoms with Crippen molar-refractivity contribution in [1.29, 1.82) is 0 Å². The molecule has 5 rings (SSSR count). The Morgan fingerprint density at radius 1 is 1.09 bits per heavy atom. The highest BCUT2D eigenvalue weighted by molar-refractivity contribution is 5.67. The van der Waals surface area contributed by atoms with Crippen LogP contribution < -0.4 is 0 Å². The predicted molar refractivity (Wildman–Crippen MR) is 116 cm³/mol. The molecule has 162 valence electrons. The summed E-state index contributed by atoms with van der Waals surface area (Å²) in [6.07, 6.45) is 7.94. The van der Waals surface area contributed by atoms with E-state index < -0.39 is 5.60 Å². The molecule has 1 atom stereocenters. The van der Waals surface area contributed by atoms with Crippen molar-refractivity contribution in [3.05, 3.63) is 95.1 Å². The van der Waals surface area contributed by atoms with Gasteiger partial charge in [0.05, 0.1) is 17.7 Å². The molecule has 0 radical (unpaired) electrons. The predicted octanol–water partition coefficient (Wildman–Crippen LogP) is 4.25. The van der Waals surface area contributed by atoms with E-state index in [4.69, 9.17) is 0 Å². The van der Waals surface area contributed by atoms with Gasteiger partial charge in [-0.25, -0.2) is 23.4 Å². The number of imidazole rings is 1. The number of fused-ring (bicyclic) bond motifs is 1. The number of aromatic nitrogens is 5. The normalized spacial score (nSPS) is 18.2. The van der Waals surface area contributed by atoms with Crippen molar-refractivity contribution < 1.29 is 13.9 Å². The van der Waals surface area contributed by atoms with Crippen LogP contribution >= 0.6 is 0 Å². The number of halogens is 2. The second kappa shape index (κ2) is 7.80. The second-order valence-corrected chi connectivity index (χ2v) is 7.95. The van der Waals surface area contributed by atoms with E-state index in [0.717, 1.165) is 5.69 Å². The Morgan fingerprint density at radius 2 is 1.91 bits per heavy atom. The van der Waals surface area contributed by atoms with Gasteiger partial charge in [-0.05, 0) is 61.2 Å². The van der Waals surface area contributed by atoms with Crippen molar-refractivity contribution >= 4 is 12.2 Å². The van der Waals surface area contributed by atoms with Gasteiger partial charge >= 0.3 is 0 Å². The first-order valence-electron chi connectivity index (χ1n) is 10.3. The quantitative estimate of drug-likeness (QED) is 0.523. The van der Waals surface area contributed by atoms with Gasteiger partial charge in [-0.1, -0.05) is 24.3 Å². The first-order valence-corrected chi connectivity index (χ1v) is 10.3. The molecule has 1 N–H and O–H groups in total. The monoisotopic (exact) mass is 433 g/mol. The van der Waals surface area contributed by atoms with Gasteiger partial charge < -0.3 is 9.67 Å². The van der Waals surface area contributed by atoms with E-state index in [9.17, 15) is 13.9 Å². The fourth-order valence-corrected chi connectivity index (χ4v) is 4.05. The molecule has 0 saturated heterocycles. The van der Waals surface area contributed by atoms with Crippen LogP contribution in [-0.2, 0) is 12.1 Å². The summed E-state index contributed by atoms with van der Waals surface area (Å²) in [5, 5.41) is 15.8. The molecule has 32 heavy (non-hydrogen) atoms. The summed E-state index contributed by atoms with van der Waals surface area (Å²) >= 11 is 0. The van der Waals surface area contributed by atoms with Crippen LogP contribution in [0.4, 0.5) is 8.78 Å². The molecule has 0 saturated carbocycles. The minimum absolute atomic E-state index is 0.361. The lowest BCUT2D eigenvalue weighted by Gasteiger charge is -2.31. The molecule has 2 aromatic carbocycles. The number of hydrogen-bond donors (Lipinski definition) is 1. The summed E-state index contributed by atoms with van der Waals surface area (Å²) < 4.78 is 31.2. The van der Waals surface area contributed by atoms with Crippen molar-refractivity contribution in [3.63, 3.8) is 0 Å². The summed E-state index contributed by atoms with van der Waals surface area (Å²) in [5.41, 5.74) is 1.13. The first-order chi connectivity index (χ1) is 15.4. The summed E-state index contributed by atoms with van der Waals surface area (Å²) in [5.74, 6) is 0.108. The van der Waals surface area contributed by atoms with Gasteiger partial charge in [0.15, 0.2) is 11.6 Å². The van der Waals surface area contributed by atoms with Crippen molar-refractivity contribution in [3.8, 4) is 5.69 Å². The highest BCUT2D eigenvalue weighted by atomic mass is 19.1. The zero-order valence-corrected chi connectivity index (χ0v) is 17.4. The molecule has 4 aromatic rings. The molecule has 1 aliphatic heterocycles. The molecule has 8 heteroatoms. The van der Waals surface area contributed by atoms with Gasteiger partial charge in [0.2, 0.25) is 0 Å². The average molecular weight is 433 g/mol. The fourth-order valence-electron chi connectivity index (χ4n) is 4.05. The van der Waals surface area contributed by atoms with Crippen molar-refractivity contribution in [2.24, 2.45) is 0 Å². The maximum atomic E-state index is 14.6. The zero-order chi connectivity index (χ0) is 22.3. The van der Waals surface area contributed by atoms with Crippen LogP contribution in [0, 0.1) is 18.6 Å². The third kappa shape index (κ3) is 3.62. The standard InChI is InChI=1S/C24H21F2N5O/c1-16-14-30(15-27-16)21-9-3-17(13-20(21)26)4-10-22-28-23-24(32,11-2-12-31(23)29-22)18-5-7-19(25)8-6-18/h3-10,13-15,32H,2,11-12H2,1H3/b10-4+/t24-/m1/s1. The van der Waals surface area contributed by atoms with Crippen LogP contribution in [0.25, 0.3) is 17.8 Å². The minimum atomic E-state index is -1.33. The van der Waals surface area contributed by atoms with Gasteiger partial charge in [-0.15, -0.1) is 0 Å². The minimum Gasteiger partial charge on any atom is -0.377 e. The van der Waals surface area contributed by atoms with Gasteiger partial charge in [0.1, 0.15) is 17.2 Å². The maximum absolute atomic E-state index is 14.6. The molecular formula is C24H21F2N5O. The number of nitrogens with zero attached hydrogens (tertiary/aromatic N) is 5. The molecule has 0 spiro atoms. The SMILES string of the molecule is Cc1cn(-c2ccc(/C=C/c3nc4n(n3)CCC[C@@]4(O)c3ccc(F)cc3)cc2F)cn1. The second-order valence-electron chi connectivity index (χ2n) is 7.95. The Balaban J connectivity index is 1.42. The van der Waals surface area contributed by atoms with Crippen LogP contribution in [0.2, 0.25) is 0 Å². The molecular weight excluding hydrogens is 412 g/mol. The number of rotatable bonds is 4. The largest absolute Gasteiger partial charge is 0.377 e. The average Bonchev–Trinajstić information content (AvgIpc) is 3.40. The molecule has 0 bridgehead atoms. The van der Waals surface area contributed by atoms with E-state index >= 15 is 0 Å². The third-order valence-electron chi connectivity index (χ3n) is 5.67. The molecule has 2 aromatic heterocycles. The van der Waals surface area contributed by atoms with E-state index in [1.807, 2.05) is 6.92 Å². The van der Waals surface area contributed by atoms with Gasteiger partial charge in [-0.2, -0.15) is 5.10 Å². The van der Waals surface area contributed by atoms with Crippen LogP contribution in [0.15, 0.2) is 55.0 Å². The lowest BCUT2D eigenvalue weighted by Crippen LogP contribution is -2.35. The smallest absolute Gasteiger partial charge is 0.174 e. The van der Waals surface area contributed by atoms with E-state index in [0.29, 0.717) is 47.8 Å². The Morgan fingerprint density at radius 3 is 2.62 bits per heavy atom. The molecule has 0 aliphatic carbocycles. The van der Waals surface area contributed by atoms with Crippen molar-refractivity contribution in [2.45, 2.75) is 31.9 Å². The first kappa shape index (κ1) is 20.3. The van der Waals surface area contributed by atoms with Crippen molar-refractivity contribution in [1.82, 2.24) is 24.3 Å². The van der Waals surface area contributed by atoms with Gasteiger partial charge in [0, 0.05) is 12.7 Å². The maximum Gasteiger partial charge on any atom is 0.174 e. The highest BCUT2D eigenvalue weighted by Crippen LogP contribution is 2.36. The van der Waals surface area contributed by atoms with Crippen molar-refractivity contribution in [2.75, 3.05) is 0 Å². The Kier molecular flexibility index (Phi) is 4.94. The van der Waals surface area contributed by atoms with Gasteiger partial charge in [0.25, 0.3) is 0 Å². The molecule has 3 heterocycles. The molecule has 0 fully saturated rings. The third-order valence-corrected chi connectivity index (χ3v) is 5.67. The van der Waals surface area contributed by atoms with E-state index in [2.05, 4.69) is 15.1 Å². The lowest BCUT2D eigenvalue weighted by molar-refractivity contribution is 0.0394. The van der Waals surface area contributed by atoms with Crippen LogP contribution in [0.3, 0.4) is 0 Å². The number of benzene rings is 2.